The molecule has 1 N–H and O–H groups in total. The van der Waals surface area contributed by atoms with E-state index in [4.69, 9.17) is 0 Å². The number of allylic oxidation sites excluding steroid dienone is 1. The maximum atomic E-state index is 4.46. The molecule has 0 unspecified atom stereocenters. The van der Waals surface area contributed by atoms with Crippen LogP contribution < -0.4 is 5.43 Å². The van der Waals surface area contributed by atoms with Crippen molar-refractivity contribution in [3.63, 3.8) is 0 Å². The summed E-state index contributed by atoms with van der Waals surface area (Å²) in [7, 11) is 0. The molecule has 127 valence electrons. The Kier molecular flexibility index (Phi) is 6.48. The SMILES string of the molecule is [Se]C(=Nc1ccccc1)N/N=C(\C=C\c1ccccc1)c1ccccn1. The summed E-state index contributed by atoms with van der Waals surface area (Å²) in [4.78, 5) is 8.82. The second kappa shape index (κ2) is 9.47. The van der Waals surface area contributed by atoms with E-state index in [1.165, 1.54) is 0 Å². The Balaban J connectivity index is 1.82. The third kappa shape index (κ3) is 5.52. The van der Waals surface area contributed by atoms with Crippen molar-refractivity contribution in [3.8, 4) is 0 Å². The molecule has 0 atom stereocenters. The molecule has 1 aromatic heterocycles. The Morgan fingerprint density at radius 3 is 2.27 bits per heavy atom. The van der Waals surface area contributed by atoms with Gasteiger partial charge in [0.15, 0.2) is 0 Å². The quantitative estimate of drug-likeness (QED) is 0.303. The fraction of sp³-hybridized carbons (Fsp3) is 0. The Morgan fingerprint density at radius 1 is 0.885 bits per heavy atom. The summed E-state index contributed by atoms with van der Waals surface area (Å²) in [5, 5.41) is 4.46. The molecule has 2 aromatic carbocycles. The van der Waals surface area contributed by atoms with Crippen LogP contribution in [-0.2, 0) is 0 Å². The van der Waals surface area contributed by atoms with Crippen LogP contribution in [-0.4, -0.2) is 31.4 Å². The number of benzene rings is 2. The van der Waals surface area contributed by atoms with Gasteiger partial charge in [0.25, 0.3) is 0 Å². The Hall–Kier alpha value is -3.01. The van der Waals surface area contributed by atoms with Crippen molar-refractivity contribution in [1.82, 2.24) is 10.4 Å². The first-order valence-corrected chi connectivity index (χ1v) is 8.96. The van der Waals surface area contributed by atoms with Crippen molar-refractivity contribution >= 4 is 38.2 Å². The molecule has 3 aromatic rings. The number of amidine groups is 1. The normalized spacial score (nSPS) is 12.3. The van der Waals surface area contributed by atoms with Crippen molar-refractivity contribution in [2.75, 3.05) is 0 Å². The molecule has 4 nitrogen and oxygen atoms in total. The van der Waals surface area contributed by atoms with Crippen molar-refractivity contribution in [2.45, 2.75) is 0 Å². The molecule has 0 fully saturated rings. The number of para-hydroxylation sites is 1. The zero-order valence-corrected chi connectivity index (χ0v) is 15.7. The standard InChI is InChI=1S/C21H17N4Se/c26-21(23-18-11-5-2-6-12-18)25-24-20(19-13-7-8-16-22-19)15-14-17-9-3-1-4-10-17/h1-16H,(H,23,25)/b15-14+,24-20+. The summed E-state index contributed by atoms with van der Waals surface area (Å²) < 4.78 is 0.581. The second-order valence-electron chi connectivity index (χ2n) is 5.32. The summed E-state index contributed by atoms with van der Waals surface area (Å²) in [6, 6.07) is 25.5. The summed E-state index contributed by atoms with van der Waals surface area (Å²) in [5.74, 6) is 0. The Morgan fingerprint density at radius 2 is 1.58 bits per heavy atom. The van der Waals surface area contributed by atoms with Gasteiger partial charge in [-0.2, -0.15) is 0 Å². The fourth-order valence-electron chi connectivity index (χ4n) is 2.19. The van der Waals surface area contributed by atoms with Crippen LogP contribution in [0.5, 0.6) is 0 Å². The molecule has 0 amide bonds. The van der Waals surface area contributed by atoms with E-state index in [1.54, 1.807) is 6.20 Å². The van der Waals surface area contributed by atoms with Crippen molar-refractivity contribution in [2.24, 2.45) is 10.1 Å². The van der Waals surface area contributed by atoms with Gasteiger partial charge in [-0.25, -0.2) is 0 Å². The summed E-state index contributed by atoms with van der Waals surface area (Å²) in [6.07, 6.45) is 5.68. The summed E-state index contributed by atoms with van der Waals surface area (Å²) in [6.45, 7) is 0. The average molecular weight is 404 g/mol. The van der Waals surface area contributed by atoms with E-state index in [0.29, 0.717) is 10.4 Å². The second-order valence-corrected chi connectivity index (χ2v) is 6.13. The number of rotatable bonds is 5. The molecule has 0 aliphatic rings. The van der Waals surface area contributed by atoms with Gasteiger partial charge in [0.1, 0.15) is 0 Å². The predicted molar refractivity (Wildman–Crippen MR) is 109 cm³/mol. The summed E-state index contributed by atoms with van der Waals surface area (Å²) >= 11 is 2.89. The van der Waals surface area contributed by atoms with Gasteiger partial charge in [-0.1, -0.05) is 0 Å². The van der Waals surface area contributed by atoms with Crippen LogP contribution in [0.15, 0.2) is 101 Å². The van der Waals surface area contributed by atoms with E-state index >= 15 is 0 Å². The van der Waals surface area contributed by atoms with Gasteiger partial charge in [0.2, 0.25) is 0 Å². The minimum atomic E-state index is 0.581. The molecule has 0 spiro atoms. The average Bonchev–Trinajstić information content (AvgIpc) is 2.70. The molecular weight excluding hydrogens is 387 g/mol. The van der Waals surface area contributed by atoms with Crippen LogP contribution in [0, 0.1) is 0 Å². The summed E-state index contributed by atoms with van der Waals surface area (Å²) in [5.41, 5.74) is 6.39. The van der Waals surface area contributed by atoms with Crippen molar-refractivity contribution < 1.29 is 0 Å². The molecule has 3 rings (SSSR count). The third-order valence-electron chi connectivity index (χ3n) is 3.42. The fourth-order valence-corrected chi connectivity index (χ4v) is 2.50. The molecule has 0 saturated carbocycles. The van der Waals surface area contributed by atoms with Gasteiger partial charge >= 0.3 is 161 Å². The molecule has 1 heterocycles. The van der Waals surface area contributed by atoms with E-state index in [2.05, 4.69) is 36.5 Å². The first kappa shape index (κ1) is 17.8. The number of hydrazone groups is 1. The minimum absolute atomic E-state index is 0.581. The topological polar surface area (TPSA) is 49.6 Å². The Labute approximate surface area is 161 Å². The number of hydrogen-bond donors (Lipinski definition) is 1. The van der Waals surface area contributed by atoms with Gasteiger partial charge in [-0.15, -0.1) is 0 Å². The van der Waals surface area contributed by atoms with Gasteiger partial charge in [-0.3, -0.25) is 0 Å². The van der Waals surface area contributed by atoms with Crippen LogP contribution in [0.2, 0.25) is 0 Å². The van der Waals surface area contributed by atoms with Gasteiger partial charge < -0.3 is 0 Å². The van der Waals surface area contributed by atoms with E-state index in [-0.39, 0.29) is 0 Å². The predicted octanol–water partition coefficient (Wildman–Crippen LogP) is 3.94. The van der Waals surface area contributed by atoms with Crippen LogP contribution >= 0.6 is 0 Å². The Bertz CT molecular complexity index is 905. The van der Waals surface area contributed by atoms with Gasteiger partial charge in [0.05, 0.1) is 0 Å². The van der Waals surface area contributed by atoms with Crippen LogP contribution in [0.4, 0.5) is 5.69 Å². The van der Waals surface area contributed by atoms with E-state index in [0.717, 1.165) is 16.9 Å². The molecule has 1 radical (unpaired) electrons. The van der Waals surface area contributed by atoms with Crippen molar-refractivity contribution in [1.29, 1.82) is 0 Å². The molecule has 26 heavy (non-hydrogen) atoms. The molecule has 0 saturated heterocycles. The molecular formula is C21H17N4Se. The first-order chi connectivity index (χ1) is 12.8. The number of hydrogen-bond acceptors (Lipinski definition) is 3. The maximum absolute atomic E-state index is 4.46. The molecule has 0 aliphatic carbocycles. The molecule has 0 aliphatic heterocycles. The number of nitrogens with one attached hydrogen (secondary N) is 1. The van der Waals surface area contributed by atoms with Gasteiger partial charge in [-0.05, 0) is 0 Å². The van der Waals surface area contributed by atoms with Crippen LogP contribution in [0.25, 0.3) is 6.08 Å². The van der Waals surface area contributed by atoms with Crippen molar-refractivity contribution in [3.05, 3.63) is 102 Å². The molecule has 5 heteroatoms. The first-order valence-electron chi connectivity index (χ1n) is 8.10. The van der Waals surface area contributed by atoms with E-state index < -0.39 is 0 Å². The van der Waals surface area contributed by atoms with Gasteiger partial charge in [0, 0.05) is 0 Å². The third-order valence-corrected chi connectivity index (χ3v) is 3.80. The number of aromatic nitrogens is 1. The zero-order chi connectivity index (χ0) is 18.0. The molecule has 0 bridgehead atoms. The number of pyridine rings is 1. The monoisotopic (exact) mass is 405 g/mol. The van der Waals surface area contributed by atoms with E-state index in [1.807, 2.05) is 91.0 Å². The van der Waals surface area contributed by atoms with Crippen LogP contribution in [0.1, 0.15) is 11.3 Å². The number of aliphatic imine (C=N–C) groups is 1. The van der Waals surface area contributed by atoms with E-state index in [9.17, 15) is 0 Å². The zero-order valence-electron chi connectivity index (χ0n) is 14.0. The van der Waals surface area contributed by atoms with Crippen LogP contribution in [0.3, 0.4) is 0 Å². The number of nitrogens with zero attached hydrogens (tertiary/aromatic N) is 3.